The van der Waals surface area contributed by atoms with Crippen molar-refractivity contribution < 1.29 is 0 Å². The third-order valence-corrected chi connectivity index (χ3v) is 12.1. The van der Waals surface area contributed by atoms with Crippen molar-refractivity contribution in [3.63, 3.8) is 0 Å². The SMILES string of the molecule is C[C@H]1[C@H](C)CC[C@]2(C)CC[C@]3(C)C(=CC[C@@H]4[C@]5(C)CCC[C@@H]5CC[C@]43C)[C@@H]12. The zero-order chi connectivity index (χ0) is 19.2. The summed E-state index contributed by atoms with van der Waals surface area (Å²) in [6.45, 7) is 16.0. The Bertz CT molecular complexity index is 659. The van der Waals surface area contributed by atoms with Crippen molar-refractivity contribution in [2.24, 2.45) is 51.2 Å². The lowest BCUT2D eigenvalue weighted by molar-refractivity contribution is -0.138. The van der Waals surface area contributed by atoms with E-state index in [0.29, 0.717) is 21.7 Å². The van der Waals surface area contributed by atoms with Crippen molar-refractivity contribution >= 4 is 0 Å². The molecule has 0 aromatic rings. The van der Waals surface area contributed by atoms with Gasteiger partial charge in [-0.05, 0) is 109 Å². The molecule has 0 saturated heterocycles. The van der Waals surface area contributed by atoms with Crippen LogP contribution in [0.25, 0.3) is 0 Å². The highest BCUT2D eigenvalue weighted by Crippen LogP contribution is 2.74. The van der Waals surface area contributed by atoms with Crippen molar-refractivity contribution in [1.82, 2.24) is 0 Å². The minimum atomic E-state index is 0.460. The lowest BCUT2D eigenvalue weighted by Crippen LogP contribution is -2.60. The molecule has 0 aliphatic heterocycles. The molecule has 0 bridgehead atoms. The highest BCUT2D eigenvalue weighted by molar-refractivity contribution is 5.33. The second-order valence-electron chi connectivity index (χ2n) is 12.8. The summed E-state index contributed by atoms with van der Waals surface area (Å²) in [6.07, 6.45) is 17.6. The zero-order valence-corrected chi connectivity index (χ0v) is 19.0. The van der Waals surface area contributed by atoms with E-state index < -0.39 is 0 Å². The van der Waals surface area contributed by atoms with Gasteiger partial charge >= 0.3 is 0 Å². The molecule has 9 atom stereocenters. The molecule has 0 aromatic heterocycles. The number of hydrogen-bond donors (Lipinski definition) is 0. The smallest absolute Gasteiger partial charge is 0.00564 e. The second-order valence-corrected chi connectivity index (χ2v) is 12.8. The molecule has 4 fully saturated rings. The molecule has 0 N–H and O–H groups in total. The molecule has 0 heteroatoms. The molecule has 0 amide bonds. The van der Waals surface area contributed by atoms with Gasteiger partial charge in [0.25, 0.3) is 0 Å². The monoisotopic (exact) mass is 368 g/mol. The van der Waals surface area contributed by atoms with Gasteiger partial charge in [-0.2, -0.15) is 0 Å². The Morgan fingerprint density at radius 1 is 0.852 bits per heavy atom. The van der Waals surface area contributed by atoms with Crippen LogP contribution in [0.2, 0.25) is 0 Å². The van der Waals surface area contributed by atoms with E-state index in [9.17, 15) is 0 Å². The molecule has 152 valence electrons. The third kappa shape index (κ3) is 2.17. The van der Waals surface area contributed by atoms with Gasteiger partial charge in [-0.15, -0.1) is 0 Å². The van der Waals surface area contributed by atoms with Crippen LogP contribution in [0.1, 0.15) is 106 Å². The predicted octanol–water partition coefficient (Wildman–Crippen LogP) is 8.03. The fraction of sp³-hybridized carbons (Fsp3) is 0.926. The van der Waals surface area contributed by atoms with Gasteiger partial charge in [0.1, 0.15) is 0 Å². The summed E-state index contributed by atoms with van der Waals surface area (Å²) in [4.78, 5) is 0. The third-order valence-electron chi connectivity index (χ3n) is 12.1. The predicted molar refractivity (Wildman–Crippen MR) is 115 cm³/mol. The minimum Gasteiger partial charge on any atom is -0.0841 e. The van der Waals surface area contributed by atoms with Crippen LogP contribution >= 0.6 is 0 Å². The van der Waals surface area contributed by atoms with Crippen molar-refractivity contribution in [2.75, 3.05) is 0 Å². The van der Waals surface area contributed by atoms with Gasteiger partial charge in [-0.1, -0.05) is 59.6 Å². The average Bonchev–Trinajstić information content (AvgIpc) is 3.01. The standard InChI is InChI=1S/C27H44/c1-18-11-14-24(3)16-17-26(5)21(23(24)19(18)2)9-10-22-25(4)13-7-8-20(25)12-15-27(22,26)6/h9,18-20,22-23H,7-8,10-17H2,1-6H3/t18-,19+,20-,22-,23-,24-,25-,26-,27-/m1/s1. The fourth-order valence-electron chi connectivity index (χ4n) is 9.88. The second kappa shape index (κ2) is 5.66. The molecular formula is C27H44. The van der Waals surface area contributed by atoms with E-state index in [0.717, 1.165) is 29.6 Å². The first-order valence-corrected chi connectivity index (χ1v) is 12.4. The van der Waals surface area contributed by atoms with E-state index in [1.807, 2.05) is 5.57 Å². The summed E-state index contributed by atoms with van der Waals surface area (Å²) in [7, 11) is 0. The maximum Gasteiger partial charge on any atom is -0.00564 e. The van der Waals surface area contributed by atoms with E-state index in [1.54, 1.807) is 0 Å². The van der Waals surface area contributed by atoms with Crippen molar-refractivity contribution in [1.29, 1.82) is 0 Å². The Kier molecular flexibility index (Phi) is 3.93. The van der Waals surface area contributed by atoms with Crippen LogP contribution in [0.4, 0.5) is 0 Å². The van der Waals surface area contributed by atoms with Crippen LogP contribution in [-0.2, 0) is 0 Å². The topological polar surface area (TPSA) is 0 Å². The number of allylic oxidation sites excluding steroid dienone is 2. The van der Waals surface area contributed by atoms with E-state index in [1.165, 1.54) is 64.2 Å². The Morgan fingerprint density at radius 2 is 1.63 bits per heavy atom. The first-order valence-electron chi connectivity index (χ1n) is 12.4. The summed E-state index contributed by atoms with van der Waals surface area (Å²) in [6, 6.07) is 0. The van der Waals surface area contributed by atoms with E-state index in [2.05, 4.69) is 47.6 Å². The van der Waals surface area contributed by atoms with Gasteiger partial charge in [-0.3, -0.25) is 0 Å². The summed E-state index contributed by atoms with van der Waals surface area (Å²) in [5.74, 6) is 4.58. The Hall–Kier alpha value is -0.260. The van der Waals surface area contributed by atoms with Crippen LogP contribution in [-0.4, -0.2) is 0 Å². The maximum absolute atomic E-state index is 2.84. The molecule has 0 nitrogen and oxygen atoms in total. The van der Waals surface area contributed by atoms with Crippen LogP contribution in [0.3, 0.4) is 0 Å². The highest BCUT2D eigenvalue weighted by Gasteiger charge is 2.66. The Labute approximate surface area is 169 Å². The molecule has 0 heterocycles. The summed E-state index contributed by atoms with van der Waals surface area (Å²) in [5, 5.41) is 0. The molecule has 5 aliphatic rings. The van der Waals surface area contributed by atoms with Crippen LogP contribution in [0.5, 0.6) is 0 Å². The first kappa shape index (κ1) is 18.7. The molecular weight excluding hydrogens is 324 g/mol. The summed E-state index contributed by atoms with van der Waals surface area (Å²) in [5.41, 5.74) is 4.14. The maximum atomic E-state index is 2.84. The zero-order valence-electron chi connectivity index (χ0n) is 19.0. The van der Waals surface area contributed by atoms with E-state index >= 15 is 0 Å². The largest absolute Gasteiger partial charge is 0.0841 e. The van der Waals surface area contributed by atoms with E-state index in [4.69, 9.17) is 0 Å². The fourth-order valence-corrected chi connectivity index (χ4v) is 9.88. The quantitative estimate of drug-likeness (QED) is 0.380. The van der Waals surface area contributed by atoms with Gasteiger partial charge in [0.2, 0.25) is 0 Å². The van der Waals surface area contributed by atoms with Gasteiger partial charge in [0.15, 0.2) is 0 Å². The first-order chi connectivity index (χ1) is 12.7. The summed E-state index contributed by atoms with van der Waals surface area (Å²) >= 11 is 0. The molecule has 27 heavy (non-hydrogen) atoms. The van der Waals surface area contributed by atoms with Gasteiger partial charge in [0, 0.05) is 0 Å². The molecule has 0 spiro atoms. The normalized spacial score (nSPS) is 59.9. The molecule has 0 aromatic carbocycles. The van der Waals surface area contributed by atoms with Crippen molar-refractivity contribution in [3.05, 3.63) is 11.6 Å². The Morgan fingerprint density at radius 3 is 2.41 bits per heavy atom. The number of hydrogen-bond acceptors (Lipinski definition) is 0. The molecule has 0 radical (unpaired) electrons. The summed E-state index contributed by atoms with van der Waals surface area (Å²) < 4.78 is 0. The van der Waals surface area contributed by atoms with Crippen LogP contribution in [0, 0.1) is 51.2 Å². The van der Waals surface area contributed by atoms with Gasteiger partial charge in [0.05, 0.1) is 0 Å². The van der Waals surface area contributed by atoms with Crippen LogP contribution in [0.15, 0.2) is 11.6 Å². The minimum absolute atomic E-state index is 0.460. The van der Waals surface area contributed by atoms with Gasteiger partial charge < -0.3 is 0 Å². The molecule has 0 unspecified atom stereocenters. The molecule has 5 rings (SSSR count). The number of rotatable bonds is 0. The van der Waals surface area contributed by atoms with Crippen molar-refractivity contribution in [3.8, 4) is 0 Å². The van der Waals surface area contributed by atoms with Crippen LogP contribution < -0.4 is 0 Å². The number of fused-ring (bicyclic) bond motifs is 7. The highest BCUT2D eigenvalue weighted by atomic mass is 14.7. The lowest BCUT2D eigenvalue weighted by atomic mass is 9.36. The molecule has 4 saturated carbocycles. The lowest BCUT2D eigenvalue weighted by Gasteiger charge is -2.68. The van der Waals surface area contributed by atoms with Crippen molar-refractivity contribution in [2.45, 2.75) is 106 Å². The molecule has 5 aliphatic carbocycles. The Balaban J connectivity index is 1.61. The average molecular weight is 369 g/mol. The van der Waals surface area contributed by atoms with Gasteiger partial charge in [-0.25, -0.2) is 0 Å². The van der Waals surface area contributed by atoms with E-state index in [-0.39, 0.29) is 0 Å².